The second-order valence-electron chi connectivity index (χ2n) is 8.59. The molecular formula is C23H32N4O. The number of anilines is 2. The van der Waals surface area contributed by atoms with Crippen LogP contribution in [0.5, 0.6) is 0 Å². The molecule has 0 amide bonds. The molecule has 1 fully saturated rings. The van der Waals surface area contributed by atoms with E-state index in [1.165, 1.54) is 49.7 Å². The smallest absolute Gasteiger partial charge is 0.259 e. The van der Waals surface area contributed by atoms with Crippen molar-refractivity contribution >= 4 is 11.6 Å². The molecule has 1 aliphatic carbocycles. The summed E-state index contributed by atoms with van der Waals surface area (Å²) in [6.45, 7) is 9.54. The van der Waals surface area contributed by atoms with Gasteiger partial charge in [0.2, 0.25) is 5.95 Å². The highest BCUT2D eigenvalue weighted by Gasteiger charge is 2.31. The molecular weight excluding hydrogens is 348 g/mol. The van der Waals surface area contributed by atoms with Crippen LogP contribution in [0.2, 0.25) is 0 Å². The van der Waals surface area contributed by atoms with Crippen molar-refractivity contribution in [1.29, 1.82) is 0 Å². The first-order valence-electron chi connectivity index (χ1n) is 10.6. The zero-order valence-corrected chi connectivity index (χ0v) is 17.7. The van der Waals surface area contributed by atoms with Gasteiger partial charge < -0.3 is 0 Å². The number of aryl methyl sites for hydroxylation is 3. The van der Waals surface area contributed by atoms with E-state index in [1.807, 2.05) is 18.4 Å². The lowest BCUT2D eigenvalue weighted by atomic mass is 10.1. The fraction of sp³-hybridized carbons (Fsp3) is 0.565. The number of rotatable bonds is 2. The lowest BCUT2D eigenvalue weighted by Gasteiger charge is -2.42. The fourth-order valence-electron chi connectivity index (χ4n) is 4.69. The first-order chi connectivity index (χ1) is 13.5. The Hall–Kier alpha value is -2.14. The second kappa shape index (κ2) is 7.70. The minimum Gasteiger partial charge on any atom is -0.298 e. The molecule has 0 unspecified atom stereocenters. The van der Waals surface area contributed by atoms with Gasteiger partial charge in [0.1, 0.15) is 0 Å². The molecule has 5 heteroatoms. The molecule has 2 heterocycles. The molecule has 0 bridgehead atoms. The quantitative estimate of drug-likeness (QED) is 0.716. The third-order valence-electron chi connectivity index (χ3n) is 6.49. The number of benzene rings is 1. The van der Waals surface area contributed by atoms with Gasteiger partial charge in [0.15, 0.2) is 0 Å². The summed E-state index contributed by atoms with van der Waals surface area (Å²) >= 11 is 0. The van der Waals surface area contributed by atoms with Crippen LogP contribution in [0.1, 0.15) is 60.9 Å². The topological polar surface area (TPSA) is 41.4 Å². The Balaban J connectivity index is 1.81. The minimum atomic E-state index is 0.0931. The van der Waals surface area contributed by atoms with Crippen LogP contribution in [-0.4, -0.2) is 27.2 Å². The van der Waals surface area contributed by atoms with Gasteiger partial charge in [0.25, 0.3) is 5.56 Å². The van der Waals surface area contributed by atoms with Gasteiger partial charge in [-0.1, -0.05) is 43.4 Å². The predicted octanol–water partition coefficient (Wildman–Crippen LogP) is 4.57. The minimum absolute atomic E-state index is 0.0931. The van der Waals surface area contributed by atoms with Crippen LogP contribution in [0.3, 0.4) is 0 Å². The van der Waals surface area contributed by atoms with E-state index >= 15 is 0 Å². The molecule has 150 valence electrons. The highest BCUT2D eigenvalue weighted by Crippen LogP contribution is 2.33. The first kappa shape index (κ1) is 19.2. The first-order valence-corrected chi connectivity index (χ1v) is 10.6. The van der Waals surface area contributed by atoms with Gasteiger partial charge in [-0.2, -0.15) is 0 Å². The van der Waals surface area contributed by atoms with Crippen molar-refractivity contribution in [3.05, 3.63) is 50.9 Å². The predicted molar refractivity (Wildman–Crippen MR) is 114 cm³/mol. The van der Waals surface area contributed by atoms with Crippen molar-refractivity contribution < 1.29 is 0 Å². The zero-order chi connectivity index (χ0) is 19.8. The normalized spacial score (nSPS) is 18.8. The van der Waals surface area contributed by atoms with Gasteiger partial charge in [-0.15, -0.1) is 0 Å². The lowest BCUT2D eigenvalue weighted by molar-refractivity contribution is 0.123. The van der Waals surface area contributed by atoms with Gasteiger partial charge >= 0.3 is 0 Å². The maximum absolute atomic E-state index is 13.1. The number of hydrogen-bond donors (Lipinski definition) is 0. The van der Waals surface area contributed by atoms with E-state index in [0.717, 1.165) is 29.6 Å². The lowest BCUT2D eigenvalue weighted by Crippen LogP contribution is -2.51. The van der Waals surface area contributed by atoms with Crippen LogP contribution in [0.15, 0.2) is 23.0 Å². The molecule has 2 aliphatic rings. The Bertz CT molecular complexity index is 925. The van der Waals surface area contributed by atoms with E-state index in [0.29, 0.717) is 12.7 Å². The molecule has 28 heavy (non-hydrogen) atoms. The van der Waals surface area contributed by atoms with Crippen molar-refractivity contribution in [3.63, 3.8) is 0 Å². The van der Waals surface area contributed by atoms with Gasteiger partial charge in [-0.3, -0.25) is 19.2 Å². The van der Waals surface area contributed by atoms with Crippen molar-refractivity contribution in [3.8, 4) is 0 Å². The molecule has 0 radical (unpaired) electrons. The summed E-state index contributed by atoms with van der Waals surface area (Å²) in [4.78, 5) is 22.7. The largest absolute Gasteiger partial charge is 0.298 e. The van der Waals surface area contributed by atoms with E-state index in [1.54, 1.807) is 0 Å². The Labute approximate surface area is 168 Å². The zero-order valence-electron chi connectivity index (χ0n) is 17.7. The fourth-order valence-corrected chi connectivity index (χ4v) is 4.69. The summed E-state index contributed by atoms with van der Waals surface area (Å²) < 4.78 is 1.88. The standard InChI is InChI=1S/C23H32N4O/c1-16-11-12-21(17(2)13-16)26-14-25(20-9-7-5-6-8-10-20)15-27-22(28)18(3)19(4)24-23(26)27/h11-13,20H,5-10,14-15H2,1-4H3. The summed E-state index contributed by atoms with van der Waals surface area (Å²) in [6.07, 6.45) is 7.70. The third-order valence-corrected chi connectivity index (χ3v) is 6.49. The number of fused-ring (bicyclic) bond motifs is 1. The maximum Gasteiger partial charge on any atom is 0.259 e. The van der Waals surface area contributed by atoms with Crippen molar-refractivity contribution in [2.75, 3.05) is 11.6 Å². The second-order valence-corrected chi connectivity index (χ2v) is 8.59. The molecule has 2 aromatic rings. The molecule has 1 aliphatic heterocycles. The summed E-state index contributed by atoms with van der Waals surface area (Å²) in [5.74, 6) is 0.782. The van der Waals surface area contributed by atoms with Crippen LogP contribution < -0.4 is 10.5 Å². The van der Waals surface area contributed by atoms with Crippen molar-refractivity contribution in [2.24, 2.45) is 0 Å². The molecule has 0 N–H and O–H groups in total. The van der Waals surface area contributed by atoms with E-state index in [-0.39, 0.29) is 5.56 Å². The van der Waals surface area contributed by atoms with E-state index < -0.39 is 0 Å². The summed E-state index contributed by atoms with van der Waals surface area (Å²) in [7, 11) is 0. The van der Waals surface area contributed by atoms with Crippen LogP contribution in [-0.2, 0) is 6.67 Å². The van der Waals surface area contributed by atoms with Crippen LogP contribution in [0.25, 0.3) is 0 Å². The summed E-state index contributed by atoms with van der Waals surface area (Å²) in [5, 5.41) is 0. The molecule has 0 atom stereocenters. The molecule has 1 aromatic heterocycles. The average molecular weight is 381 g/mol. The van der Waals surface area contributed by atoms with Gasteiger partial charge in [0.05, 0.1) is 13.3 Å². The maximum atomic E-state index is 13.1. The van der Waals surface area contributed by atoms with Crippen LogP contribution in [0.4, 0.5) is 11.6 Å². The van der Waals surface area contributed by atoms with E-state index in [2.05, 4.69) is 41.8 Å². The molecule has 1 saturated carbocycles. The monoisotopic (exact) mass is 380 g/mol. The van der Waals surface area contributed by atoms with Crippen LogP contribution >= 0.6 is 0 Å². The molecule has 4 rings (SSSR count). The summed E-state index contributed by atoms with van der Waals surface area (Å²) in [6, 6.07) is 7.07. The van der Waals surface area contributed by atoms with Crippen LogP contribution in [0, 0.1) is 27.7 Å². The Morgan fingerprint density at radius 2 is 1.68 bits per heavy atom. The molecule has 0 spiro atoms. The summed E-state index contributed by atoms with van der Waals surface area (Å²) in [5.41, 5.74) is 5.30. The van der Waals surface area contributed by atoms with Crippen molar-refractivity contribution in [2.45, 2.75) is 78.9 Å². The van der Waals surface area contributed by atoms with Gasteiger partial charge in [-0.05, 0) is 52.2 Å². The number of nitrogens with zero attached hydrogens (tertiary/aromatic N) is 4. The van der Waals surface area contributed by atoms with Crippen molar-refractivity contribution in [1.82, 2.24) is 14.5 Å². The Morgan fingerprint density at radius 3 is 2.36 bits per heavy atom. The van der Waals surface area contributed by atoms with E-state index in [9.17, 15) is 4.79 Å². The third kappa shape index (κ3) is 3.48. The molecule has 5 nitrogen and oxygen atoms in total. The van der Waals surface area contributed by atoms with Gasteiger partial charge in [-0.25, -0.2) is 4.98 Å². The molecule has 1 aromatic carbocycles. The number of aromatic nitrogens is 2. The highest BCUT2D eigenvalue weighted by atomic mass is 16.1. The Kier molecular flexibility index (Phi) is 5.28. The average Bonchev–Trinajstić information content (AvgIpc) is 2.96. The number of hydrogen-bond acceptors (Lipinski definition) is 4. The van der Waals surface area contributed by atoms with E-state index in [4.69, 9.17) is 4.98 Å². The molecule has 0 saturated heterocycles. The van der Waals surface area contributed by atoms with Gasteiger partial charge in [0, 0.05) is 23.0 Å². The highest BCUT2D eigenvalue weighted by molar-refractivity contribution is 5.63. The Morgan fingerprint density at radius 1 is 0.964 bits per heavy atom. The SMILES string of the molecule is Cc1ccc(N2CN(C3CCCCCC3)Cn3c2nc(C)c(C)c3=O)c(C)c1.